The van der Waals surface area contributed by atoms with E-state index in [1.54, 1.807) is 36.4 Å². The molecule has 0 radical (unpaired) electrons. The zero-order chi connectivity index (χ0) is 21.5. The van der Waals surface area contributed by atoms with Gasteiger partial charge in [0.25, 0.3) is 11.2 Å². The normalized spacial score (nSPS) is 12.0. The second-order valence-electron chi connectivity index (χ2n) is 6.89. The lowest BCUT2D eigenvalue weighted by Gasteiger charge is -1.98. The Hall–Kier alpha value is -4.11. The lowest BCUT2D eigenvalue weighted by Crippen LogP contribution is -2.23. The third-order valence-electron chi connectivity index (χ3n) is 4.72. The third kappa shape index (κ3) is 3.40. The molecule has 9 heteroatoms. The van der Waals surface area contributed by atoms with Crippen molar-refractivity contribution >= 4 is 28.1 Å². The molecule has 0 aliphatic rings. The van der Waals surface area contributed by atoms with Crippen LogP contribution in [0.15, 0.2) is 69.9 Å². The van der Waals surface area contributed by atoms with E-state index in [9.17, 15) is 14.9 Å². The highest BCUT2D eigenvalue weighted by Crippen LogP contribution is 2.31. The van der Waals surface area contributed by atoms with Gasteiger partial charge in [0, 0.05) is 17.7 Å². The van der Waals surface area contributed by atoms with Crippen molar-refractivity contribution < 1.29 is 9.34 Å². The van der Waals surface area contributed by atoms with E-state index in [1.807, 2.05) is 31.2 Å². The average molecular weight is 430 g/mol. The van der Waals surface area contributed by atoms with E-state index in [2.05, 4.69) is 10.1 Å². The van der Waals surface area contributed by atoms with Gasteiger partial charge in [-0.2, -0.15) is 9.50 Å². The summed E-state index contributed by atoms with van der Waals surface area (Å²) in [7, 11) is 0. The summed E-state index contributed by atoms with van der Waals surface area (Å²) in [4.78, 5) is 28.5. The molecule has 5 rings (SSSR count). The first-order valence-electron chi connectivity index (χ1n) is 9.31. The number of para-hydroxylation sites is 1. The molecule has 0 amide bonds. The molecule has 0 unspecified atom stereocenters. The summed E-state index contributed by atoms with van der Waals surface area (Å²) in [5.74, 6) is 1.26. The number of aryl methyl sites for hydroxylation is 1. The minimum absolute atomic E-state index is 0.0459. The molecule has 0 aliphatic carbocycles. The van der Waals surface area contributed by atoms with Crippen LogP contribution < -0.4 is 10.1 Å². The molecular formula is C22H14N4O4S. The van der Waals surface area contributed by atoms with E-state index >= 15 is 0 Å². The predicted molar refractivity (Wildman–Crippen MR) is 117 cm³/mol. The molecule has 0 bridgehead atoms. The molecule has 0 saturated heterocycles. The highest BCUT2D eigenvalue weighted by molar-refractivity contribution is 7.15. The fourth-order valence-corrected chi connectivity index (χ4v) is 4.17. The van der Waals surface area contributed by atoms with Crippen molar-refractivity contribution in [3.8, 4) is 22.7 Å². The van der Waals surface area contributed by atoms with Gasteiger partial charge in [0.15, 0.2) is 5.82 Å². The zero-order valence-electron chi connectivity index (χ0n) is 16.2. The second kappa shape index (κ2) is 7.29. The molecule has 2 aromatic carbocycles. The molecule has 3 heterocycles. The van der Waals surface area contributed by atoms with E-state index in [4.69, 9.17) is 4.42 Å². The molecule has 3 aromatic heterocycles. The number of rotatable bonds is 4. The highest BCUT2D eigenvalue weighted by atomic mass is 32.1. The summed E-state index contributed by atoms with van der Waals surface area (Å²) in [6.45, 7) is 1.98. The van der Waals surface area contributed by atoms with Gasteiger partial charge in [-0.1, -0.05) is 47.2 Å². The summed E-state index contributed by atoms with van der Waals surface area (Å²) in [6, 6.07) is 17.4. The standard InChI is InChI=1S/C22H14N4O4S/c1-13-5-4-6-14(11-13)20-23-22-25(24-20)21(27)19(31-22)12-15-9-10-18(30-15)16-7-2-3-8-17(16)26(28)29/h2-12H,1H3. The number of aromatic nitrogens is 3. The van der Waals surface area contributed by atoms with Crippen LogP contribution in [0.5, 0.6) is 0 Å². The van der Waals surface area contributed by atoms with Gasteiger partial charge in [0.2, 0.25) is 4.96 Å². The zero-order valence-corrected chi connectivity index (χ0v) is 17.0. The maximum absolute atomic E-state index is 12.8. The van der Waals surface area contributed by atoms with Crippen molar-refractivity contribution in [3.63, 3.8) is 0 Å². The SMILES string of the molecule is Cc1cccc(-c2nc3sc(=Cc4ccc(-c5ccccc5[N+](=O)[O-])o4)c(=O)n3n2)c1. The quantitative estimate of drug-likeness (QED) is 0.317. The van der Waals surface area contributed by atoms with Gasteiger partial charge in [-0.05, 0) is 31.2 Å². The maximum atomic E-state index is 12.8. The van der Waals surface area contributed by atoms with Gasteiger partial charge in [-0.3, -0.25) is 14.9 Å². The van der Waals surface area contributed by atoms with Gasteiger partial charge in [-0.25, -0.2) is 0 Å². The Kier molecular flexibility index (Phi) is 4.45. The summed E-state index contributed by atoms with van der Waals surface area (Å²) in [5.41, 5.74) is 1.96. The molecule has 0 fully saturated rings. The summed E-state index contributed by atoms with van der Waals surface area (Å²) in [5, 5.41) is 15.6. The van der Waals surface area contributed by atoms with Gasteiger partial charge < -0.3 is 4.42 Å². The number of thiazole rings is 1. The Balaban J connectivity index is 1.53. The molecule has 0 atom stereocenters. The average Bonchev–Trinajstić information content (AvgIpc) is 3.46. The van der Waals surface area contributed by atoms with Crippen molar-refractivity contribution in [1.82, 2.24) is 14.6 Å². The first-order chi connectivity index (χ1) is 15.0. The van der Waals surface area contributed by atoms with Gasteiger partial charge >= 0.3 is 0 Å². The maximum Gasteiger partial charge on any atom is 0.291 e. The summed E-state index contributed by atoms with van der Waals surface area (Å²) < 4.78 is 7.45. The minimum Gasteiger partial charge on any atom is -0.456 e. The van der Waals surface area contributed by atoms with Crippen LogP contribution in [0, 0.1) is 17.0 Å². The summed E-state index contributed by atoms with van der Waals surface area (Å²) in [6.07, 6.45) is 1.59. The van der Waals surface area contributed by atoms with Crippen molar-refractivity contribution in [2.75, 3.05) is 0 Å². The van der Waals surface area contributed by atoms with Crippen molar-refractivity contribution in [3.05, 3.63) is 97.0 Å². The molecule has 0 saturated carbocycles. The van der Waals surface area contributed by atoms with E-state index in [0.717, 1.165) is 11.1 Å². The van der Waals surface area contributed by atoms with Crippen LogP contribution >= 0.6 is 11.3 Å². The molecule has 31 heavy (non-hydrogen) atoms. The minimum atomic E-state index is -0.456. The molecule has 8 nitrogen and oxygen atoms in total. The molecule has 0 aliphatic heterocycles. The second-order valence-corrected chi connectivity index (χ2v) is 7.90. The highest BCUT2D eigenvalue weighted by Gasteiger charge is 2.17. The van der Waals surface area contributed by atoms with Crippen LogP contribution in [-0.4, -0.2) is 19.5 Å². The predicted octanol–water partition coefficient (Wildman–Crippen LogP) is 3.84. The number of nitrogens with zero attached hydrogens (tertiary/aromatic N) is 4. The van der Waals surface area contributed by atoms with Crippen LogP contribution in [0.1, 0.15) is 11.3 Å². The van der Waals surface area contributed by atoms with Crippen molar-refractivity contribution in [1.29, 1.82) is 0 Å². The number of nitro benzene ring substituents is 1. The largest absolute Gasteiger partial charge is 0.456 e. The van der Waals surface area contributed by atoms with Gasteiger partial charge in [-0.15, -0.1) is 5.10 Å². The van der Waals surface area contributed by atoms with Crippen molar-refractivity contribution in [2.24, 2.45) is 0 Å². The monoisotopic (exact) mass is 430 g/mol. The topological polar surface area (TPSA) is 104 Å². The number of hydrogen-bond acceptors (Lipinski definition) is 7. The molecule has 5 aromatic rings. The van der Waals surface area contributed by atoms with Crippen molar-refractivity contribution in [2.45, 2.75) is 6.92 Å². The smallest absolute Gasteiger partial charge is 0.291 e. The fourth-order valence-electron chi connectivity index (χ4n) is 3.29. The van der Waals surface area contributed by atoms with Crippen LogP contribution in [-0.2, 0) is 0 Å². The molecule has 0 N–H and O–H groups in total. The molecule has 152 valence electrons. The first-order valence-corrected chi connectivity index (χ1v) is 10.1. The molecule has 0 spiro atoms. The number of furan rings is 1. The Labute approximate surface area is 178 Å². The lowest BCUT2D eigenvalue weighted by atomic mass is 10.1. The van der Waals surface area contributed by atoms with E-state index in [1.165, 1.54) is 21.9 Å². The number of nitro groups is 1. The number of fused-ring (bicyclic) bond motifs is 1. The van der Waals surface area contributed by atoms with Gasteiger partial charge in [0.1, 0.15) is 16.1 Å². The van der Waals surface area contributed by atoms with E-state index in [-0.39, 0.29) is 11.2 Å². The van der Waals surface area contributed by atoms with E-state index < -0.39 is 4.92 Å². The summed E-state index contributed by atoms with van der Waals surface area (Å²) >= 11 is 1.20. The Morgan fingerprint density at radius 2 is 1.97 bits per heavy atom. The lowest BCUT2D eigenvalue weighted by molar-refractivity contribution is -0.384. The Morgan fingerprint density at radius 3 is 2.74 bits per heavy atom. The Morgan fingerprint density at radius 1 is 1.13 bits per heavy atom. The van der Waals surface area contributed by atoms with Crippen LogP contribution in [0.2, 0.25) is 0 Å². The third-order valence-corrected chi connectivity index (χ3v) is 5.68. The Bertz CT molecular complexity index is 1560. The van der Waals surface area contributed by atoms with Gasteiger partial charge in [0.05, 0.1) is 10.5 Å². The van der Waals surface area contributed by atoms with Crippen LogP contribution in [0.3, 0.4) is 0 Å². The number of benzene rings is 2. The fraction of sp³-hybridized carbons (Fsp3) is 0.0455. The van der Waals surface area contributed by atoms with Crippen LogP contribution in [0.25, 0.3) is 33.7 Å². The van der Waals surface area contributed by atoms with Crippen LogP contribution in [0.4, 0.5) is 5.69 Å². The number of hydrogen-bond donors (Lipinski definition) is 0. The molecular weight excluding hydrogens is 416 g/mol. The first kappa shape index (κ1) is 18.9. The van der Waals surface area contributed by atoms with E-state index in [0.29, 0.717) is 32.4 Å².